The second kappa shape index (κ2) is 5.41. The first-order valence-electron chi connectivity index (χ1n) is 7.02. The Hall–Kier alpha value is -2.42. The van der Waals surface area contributed by atoms with E-state index in [-0.39, 0.29) is 23.8 Å². The largest absolute Gasteiger partial charge is 0.491 e. The lowest BCUT2D eigenvalue weighted by Crippen LogP contribution is -2.33. The molecule has 118 valence electrons. The van der Waals surface area contributed by atoms with Crippen molar-refractivity contribution in [3.05, 3.63) is 28.3 Å². The van der Waals surface area contributed by atoms with Crippen molar-refractivity contribution in [1.29, 1.82) is 0 Å². The highest BCUT2D eigenvalue weighted by atomic mass is 16.7. The number of carbonyl (C=O) groups excluding carboxylic acids is 1. The third-order valence-corrected chi connectivity index (χ3v) is 4.02. The van der Waals surface area contributed by atoms with E-state index in [1.807, 2.05) is 33.8 Å². The van der Waals surface area contributed by atoms with Crippen molar-refractivity contribution < 1.29 is 14.7 Å². The Morgan fingerprint density at radius 3 is 2.73 bits per heavy atom. The average Bonchev–Trinajstić information content (AvgIpc) is 2.83. The summed E-state index contributed by atoms with van der Waals surface area (Å²) in [7, 11) is 0. The number of allylic oxidation sites excluding steroid dienone is 2. The van der Waals surface area contributed by atoms with Crippen LogP contribution in [-0.4, -0.2) is 20.4 Å². The first-order valence-corrected chi connectivity index (χ1v) is 7.02. The molecule has 2 unspecified atom stereocenters. The Bertz CT molecular complexity index is 726. The van der Waals surface area contributed by atoms with Crippen LogP contribution in [-0.2, 0) is 11.3 Å². The van der Waals surface area contributed by atoms with Gasteiger partial charge < -0.3 is 9.94 Å². The van der Waals surface area contributed by atoms with Gasteiger partial charge in [-0.15, -0.1) is 6.42 Å². The van der Waals surface area contributed by atoms with E-state index in [4.69, 9.17) is 11.3 Å². The van der Waals surface area contributed by atoms with E-state index >= 15 is 0 Å². The molecule has 1 aliphatic carbocycles. The fraction of sp³-hybridized carbons (Fsp3) is 0.500. The predicted molar refractivity (Wildman–Crippen MR) is 81.0 cm³/mol. The zero-order chi connectivity index (χ0) is 16.7. The first kappa shape index (κ1) is 16.0. The molecule has 1 saturated carbocycles. The number of terminal acetylenes is 1. The second-order valence-corrected chi connectivity index (χ2v) is 6.38. The molecule has 6 heteroatoms. The molecule has 1 aromatic rings. The molecule has 0 saturated heterocycles. The van der Waals surface area contributed by atoms with Crippen LogP contribution in [0.4, 0.5) is 0 Å². The predicted octanol–water partition coefficient (Wildman–Crippen LogP) is 1.18. The number of aromatic nitrogens is 2. The highest BCUT2D eigenvalue weighted by molar-refractivity contribution is 5.78. The zero-order valence-corrected chi connectivity index (χ0v) is 13.2. The molecule has 1 aromatic heterocycles. The van der Waals surface area contributed by atoms with Crippen LogP contribution in [0.2, 0.25) is 0 Å². The molecule has 1 heterocycles. The van der Waals surface area contributed by atoms with Gasteiger partial charge in [0.1, 0.15) is 0 Å². The van der Waals surface area contributed by atoms with Crippen LogP contribution < -0.4 is 10.5 Å². The number of hydrogen-bond acceptors (Lipinski definition) is 4. The molecule has 2 atom stereocenters. The molecule has 0 radical (unpaired) electrons. The number of hydrogen-bond donors (Lipinski definition) is 1. The van der Waals surface area contributed by atoms with Crippen LogP contribution in [0.3, 0.4) is 0 Å². The van der Waals surface area contributed by atoms with Crippen molar-refractivity contribution in [3.8, 4) is 18.2 Å². The first-order chi connectivity index (χ1) is 10.2. The molecule has 0 aliphatic heterocycles. The van der Waals surface area contributed by atoms with Crippen molar-refractivity contribution in [1.82, 2.24) is 9.30 Å². The number of aromatic hydroxyl groups is 1. The third kappa shape index (κ3) is 2.67. The van der Waals surface area contributed by atoms with Crippen LogP contribution in [0.1, 0.15) is 27.7 Å². The van der Waals surface area contributed by atoms with Gasteiger partial charge in [-0.1, -0.05) is 36.1 Å². The van der Waals surface area contributed by atoms with E-state index in [0.717, 1.165) is 16.3 Å². The SMILES string of the molecule is C#CCn1cc(O)n(OC(=O)C2C(C=C(C)C)C2(C)C)c1=O. The fourth-order valence-corrected chi connectivity index (χ4v) is 2.70. The van der Waals surface area contributed by atoms with Gasteiger partial charge >= 0.3 is 11.7 Å². The third-order valence-electron chi connectivity index (χ3n) is 4.02. The maximum Gasteiger partial charge on any atom is 0.366 e. The van der Waals surface area contributed by atoms with Gasteiger partial charge in [-0.3, -0.25) is 4.57 Å². The Kier molecular flexibility index (Phi) is 3.92. The van der Waals surface area contributed by atoms with Gasteiger partial charge in [-0.25, -0.2) is 9.59 Å². The highest BCUT2D eigenvalue weighted by Crippen LogP contribution is 2.59. The molecule has 22 heavy (non-hydrogen) atoms. The summed E-state index contributed by atoms with van der Waals surface area (Å²) < 4.78 is 1.67. The Labute approximate surface area is 129 Å². The second-order valence-electron chi connectivity index (χ2n) is 6.38. The standard InChI is InChI=1S/C16H20N2O4/c1-6-7-17-9-12(19)18(15(17)21)22-14(20)13-11(8-10(2)3)16(13,4)5/h1,8-9,11,13,19H,7H2,2-5H3. The van der Waals surface area contributed by atoms with Gasteiger partial charge in [0.05, 0.1) is 18.7 Å². The molecule has 0 bridgehead atoms. The van der Waals surface area contributed by atoms with Gasteiger partial charge in [-0.2, -0.15) is 0 Å². The highest BCUT2D eigenvalue weighted by Gasteiger charge is 2.61. The van der Waals surface area contributed by atoms with E-state index in [1.165, 1.54) is 0 Å². The minimum Gasteiger partial charge on any atom is -0.491 e. The summed E-state index contributed by atoms with van der Waals surface area (Å²) in [6.45, 7) is 7.86. The number of carbonyl (C=O) groups is 1. The van der Waals surface area contributed by atoms with Crippen molar-refractivity contribution in [2.24, 2.45) is 17.3 Å². The van der Waals surface area contributed by atoms with Crippen molar-refractivity contribution >= 4 is 5.97 Å². The summed E-state index contributed by atoms with van der Waals surface area (Å²) in [6.07, 6.45) is 8.30. The fourth-order valence-electron chi connectivity index (χ4n) is 2.70. The molecule has 1 N–H and O–H groups in total. The lowest BCUT2D eigenvalue weighted by Gasteiger charge is -2.04. The van der Waals surface area contributed by atoms with Crippen LogP contribution in [0.15, 0.2) is 22.6 Å². The molecule has 0 spiro atoms. The Morgan fingerprint density at radius 2 is 2.18 bits per heavy atom. The van der Waals surface area contributed by atoms with Crippen LogP contribution in [0.5, 0.6) is 5.88 Å². The maximum absolute atomic E-state index is 12.3. The molecule has 1 aliphatic rings. The lowest BCUT2D eigenvalue weighted by molar-refractivity contribution is -0.147. The topological polar surface area (TPSA) is 73.5 Å². The molecule has 6 nitrogen and oxygen atoms in total. The van der Waals surface area contributed by atoms with Crippen LogP contribution >= 0.6 is 0 Å². The summed E-state index contributed by atoms with van der Waals surface area (Å²) in [4.78, 5) is 29.3. The molecule has 2 rings (SSSR count). The molecule has 0 amide bonds. The van der Waals surface area contributed by atoms with Gasteiger partial charge in [0.2, 0.25) is 5.88 Å². The van der Waals surface area contributed by atoms with Gasteiger partial charge in [0.25, 0.3) is 0 Å². The molecule has 0 aromatic carbocycles. The normalized spacial score (nSPS) is 21.8. The summed E-state index contributed by atoms with van der Waals surface area (Å²) in [5.74, 6) is 1.02. The van der Waals surface area contributed by atoms with Crippen LogP contribution in [0, 0.1) is 29.6 Å². The Morgan fingerprint density at radius 1 is 1.55 bits per heavy atom. The van der Waals surface area contributed by atoms with E-state index in [2.05, 4.69) is 5.92 Å². The summed E-state index contributed by atoms with van der Waals surface area (Å²) in [5, 5.41) is 9.72. The van der Waals surface area contributed by atoms with Gasteiger partial charge in [0.15, 0.2) is 0 Å². The van der Waals surface area contributed by atoms with Crippen LogP contribution in [0.25, 0.3) is 0 Å². The van der Waals surface area contributed by atoms with Crippen molar-refractivity contribution in [3.63, 3.8) is 0 Å². The summed E-state index contributed by atoms with van der Waals surface area (Å²) in [6, 6.07) is 0. The van der Waals surface area contributed by atoms with E-state index in [0.29, 0.717) is 4.73 Å². The van der Waals surface area contributed by atoms with Gasteiger partial charge in [0, 0.05) is 0 Å². The average molecular weight is 304 g/mol. The summed E-state index contributed by atoms with van der Waals surface area (Å²) in [5.41, 5.74) is 0.212. The number of rotatable bonds is 4. The maximum atomic E-state index is 12.3. The molecular formula is C16H20N2O4. The minimum absolute atomic E-state index is 0.00768. The minimum atomic E-state index is -0.680. The van der Waals surface area contributed by atoms with Crippen molar-refractivity contribution in [2.45, 2.75) is 34.2 Å². The smallest absolute Gasteiger partial charge is 0.366 e. The van der Waals surface area contributed by atoms with E-state index in [9.17, 15) is 14.7 Å². The lowest BCUT2D eigenvalue weighted by atomic mass is 10.1. The number of nitrogens with zero attached hydrogens (tertiary/aromatic N) is 2. The zero-order valence-electron chi connectivity index (χ0n) is 13.2. The van der Waals surface area contributed by atoms with E-state index < -0.39 is 17.5 Å². The Balaban J connectivity index is 2.20. The van der Waals surface area contributed by atoms with Gasteiger partial charge in [-0.05, 0) is 25.2 Å². The number of imidazole rings is 1. The molecular weight excluding hydrogens is 284 g/mol. The van der Waals surface area contributed by atoms with Crippen molar-refractivity contribution in [2.75, 3.05) is 0 Å². The molecule has 1 fully saturated rings. The summed E-state index contributed by atoms with van der Waals surface area (Å²) >= 11 is 0. The quantitative estimate of drug-likeness (QED) is 0.669. The monoisotopic (exact) mass is 304 g/mol. The van der Waals surface area contributed by atoms with E-state index in [1.54, 1.807) is 0 Å².